The molecule has 1 aromatic heterocycles. The van der Waals surface area contributed by atoms with E-state index in [0.29, 0.717) is 34.5 Å². The van der Waals surface area contributed by atoms with Gasteiger partial charge in [0, 0.05) is 17.3 Å². The predicted octanol–water partition coefficient (Wildman–Crippen LogP) is 2.64. The average molecular weight is 436 g/mol. The Balaban J connectivity index is 1.90. The largest absolute Gasteiger partial charge is 0.493 e. The maximum absolute atomic E-state index is 12.3. The topological polar surface area (TPSA) is 147 Å². The molecule has 11 heteroatoms. The van der Waals surface area contributed by atoms with E-state index in [2.05, 4.69) is 15.4 Å². The Kier molecular flexibility index (Phi) is 5.23. The number of nitrogens with zero attached hydrogens (tertiary/aromatic N) is 4. The van der Waals surface area contributed by atoms with Crippen molar-refractivity contribution in [1.82, 2.24) is 14.8 Å². The third-order valence-electron chi connectivity index (χ3n) is 5.19. The number of primary amides is 1. The second kappa shape index (κ2) is 8.02. The van der Waals surface area contributed by atoms with Crippen LogP contribution >= 0.6 is 0 Å². The zero-order chi connectivity index (χ0) is 23.0. The summed E-state index contributed by atoms with van der Waals surface area (Å²) in [5.41, 5.74) is 7.02. The standard InChI is InChI=1S/C21H20N6O5/c1-11-17(19(22)28)18(13-6-4-5-7-14(13)27(29)30)26-21(23-11)24-20(25-26)12-8-9-15(31-2)16(10-12)32-3/h4-10,18H,1-3H3,(H2,22,28)(H,23,24,25). The Morgan fingerprint density at radius 2 is 1.91 bits per heavy atom. The van der Waals surface area contributed by atoms with Gasteiger partial charge in [-0.15, -0.1) is 5.10 Å². The van der Waals surface area contributed by atoms with Crippen LogP contribution in [0.1, 0.15) is 18.5 Å². The first kappa shape index (κ1) is 20.8. The average Bonchev–Trinajstić information content (AvgIpc) is 3.20. The maximum atomic E-state index is 12.3. The zero-order valence-electron chi connectivity index (χ0n) is 17.5. The number of hydrogen-bond donors (Lipinski definition) is 2. The minimum absolute atomic E-state index is 0.153. The Hall–Kier alpha value is -4.41. The molecular weight excluding hydrogens is 416 g/mol. The summed E-state index contributed by atoms with van der Waals surface area (Å²) < 4.78 is 12.1. The van der Waals surface area contributed by atoms with Gasteiger partial charge in [-0.3, -0.25) is 14.9 Å². The van der Waals surface area contributed by atoms with Gasteiger partial charge in [0.15, 0.2) is 17.3 Å². The zero-order valence-corrected chi connectivity index (χ0v) is 17.5. The molecular formula is C21H20N6O5. The number of carbonyl (C=O) groups excluding carboxylic acids is 1. The molecule has 0 radical (unpaired) electrons. The number of benzene rings is 2. The molecule has 0 fully saturated rings. The molecule has 2 heterocycles. The fourth-order valence-electron chi connectivity index (χ4n) is 3.74. The van der Waals surface area contributed by atoms with Gasteiger partial charge in [-0.05, 0) is 31.2 Å². The summed E-state index contributed by atoms with van der Waals surface area (Å²) in [6, 6.07) is 10.4. The van der Waals surface area contributed by atoms with Gasteiger partial charge in [-0.25, -0.2) is 4.68 Å². The van der Waals surface area contributed by atoms with Gasteiger partial charge in [0.05, 0.1) is 30.3 Å². The quantitative estimate of drug-likeness (QED) is 0.443. The predicted molar refractivity (Wildman–Crippen MR) is 115 cm³/mol. The van der Waals surface area contributed by atoms with Crippen LogP contribution in [0.3, 0.4) is 0 Å². The molecule has 1 unspecified atom stereocenters. The van der Waals surface area contributed by atoms with Gasteiger partial charge < -0.3 is 20.5 Å². The number of anilines is 1. The molecule has 1 atom stereocenters. The fraction of sp³-hybridized carbons (Fsp3) is 0.190. The van der Waals surface area contributed by atoms with Gasteiger partial charge in [0.2, 0.25) is 11.9 Å². The van der Waals surface area contributed by atoms with E-state index >= 15 is 0 Å². The molecule has 11 nitrogen and oxygen atoms in total. The number of carbonyl (C=O) groups is 1. The molecule has 0 aliphatic carbocycles. The maximum Gasteiger partial charge on any atom is 0.275 e. The number of hydrogen-bond acceptors (Lipinski definition) is 8. The summed E-state index contributed by atoms with van der Waals surface area (Å²) in [6.45, 7) is 1.66. The van der Waals surface area contributed by atoms with Crippen molar-refractivity contribution in [3.05, 3.63) is 69.4 Å². The lowest BCUT2D eigenvalue weighted by molar-refractivity contribution is -0.385. The van der Waals surface area contributed by atoms with Crippen molar-refractivity contribution in [1.29, 1.82) is 0 Å². The lowest BCUT2D eigenvalue weighted by Crippen LogP contribution is -2.32. The van der Waals surface area contributed by atoms with Crippen molar-refractivity contribution in [2.45, 2.75) is 13.0 Å². The van der Waals surface area contributed by atoms with Crippen LogP contribution in [-0.4, -0.2) is 39.8 Å². The second-order valence-corrected chi connectivity index (χ2v) is 7.02. The van der Waals surface area contributed by atoms with E-state index in [9.17, 15) is 14.9 Å². The molecule has 1 aliphatic rings. The molecule has 1 aliphatic heterocycles. The van der Waals surface area contributed by atoms with E-state index in [1.54, 1.807) is 43.3 Å². The summed E-state index contributed by atoms with van der Waals surface area (Å²) in [7, 11) is 3.05. The summed E-state index contributed by atoms with van der Waals surface area (Å²) in [5, 5.41) is 19.3. The molecule has 32 heavy (non-hydrogen) atoms. The van der Waals surface area contributed by atoms with Gasteiger partial charge in [-0.2, -0.15) is 4.98 Å². The summed E-state index contributed by atoms with van der Waals surface area (Å²) in [5.74, 6) is 0.973. The number of rotatable bonds is 6. The molecule has 0 saturated carbocycles. The third-order valence-corrected chi connectivity index (χ3v) is 5.19. The molecule has 3 N–H and O–H groups in total. The number of nitro groups is 1. The van der Waals surface area contributed by atoms with Gasteiger partial charge in [0.25, 0.3) is 5.69 Å². The molecule has 2 aromatic carbocycles. The molecule has 164 valence electrons. The fourth-order valence-corrected chi connectivity index (χ4v) is 3.74. The first-order valence-corrected chi connectivity index (χ1v) is 9.55. The Morgan fingerprint density at radius 3 is 2.56 bits per heavy atom. The van der Waals surface area contributed by atoms with Crippen molar-refractivity contribution in [3.8, 4) is 22.9 Å². The number of nitrogens with two attached hydrogens (primary N) is 1. The van der Waals surface area contributed by atoms with Crippen molar-refractivity contribution in [2.24, 2.45) is 5.73 Å². The SMILES string of the molecule is COc1ccc(-c2nc3n(n2)C(c2ccccc2[N+](=O)[O-])C(C(N)=O)=C(C)N3)cc1OC. The number of nitro benzene ring substituents is 1. The van der Waals surface area contributed by atoms with Gasteiger partial charge in [0.1, 0.15) is 6.04 Å². The minimum Gasteiger partial charge on any atom is -0.493 e. The van der Waals surface area contributed by atoms with Crippen LogP contribution < -0.4 is 20.5 Å². The van der Waals surface area contributed by atoms with Crippen LogP contribution in [0.5, 0.6) is 11.5 Å². The summed E-state index contributed by atoms with van der Waals surface area (Å²) in [6.07, 6.45) is 0. The molecule has 0 spiro atoms. The Bertz CT molecular complexity index is 1270. The van der Waals surface area contributed by atoms with Crippen LogP contribution in [0.4, 0.5) is 11.6 Å². The van der Waals surface area contributed by atoms with Crippen LogP contribution in [0.15, 0.2) is 53.7 Å². The first-order chi connectivity index (χ1) is 15.3. The Labute approximate surface area is 182 Å². The van der Waals surface area contributed by atoms with E-state index in [0.717, 1.165) is 0 Å². The van der Waals surface area contributed by atoms with E-state index in [4.69, 9.17) is 15.2 Å². The molecule has 0 bridgehead atoms. The highest BCUT2D eigenvalue weighted by atomic mass is 16.6. The normalized spacial score (nSPS) is 15.0. The number of methoxy groups -OCH3 is 2. The van der Waals surface area contributed by atoms with E-state index in [1.807, 2.05) is 0 Å². The number of fused-ring (bicyclic) bond motifs is 1. The number of allylic oxidation sites excluding steroid dienone is 1. The van der Waals surface area contributed by atoms with Crippen molar-refractivity contribution >= 4 is 17.5 Å². The molecule has 4 rings (SSSR count). The molecule has 3 aromatic rings. The molecule has 1 amide bonds. The summed E-state index contributed by atoms with van der Waals surface area (Å²) >= 11 is 0. The van der Waals surface area contributed by atoms with Gasteiger partial charge in [-0.1, -0.05) is 12.1 Å². The number of nitrogens with one attached hydrogen (secondary N) is 1. The third kappa shape index (κ3) is 3.39. The first-order valence-electron chi connectivity index (χ1n) is 9.55. The smallest absolute Gasteiger partial charge is 0.275 e. The van der Waals surface area contributed by atoms with Crippen molar-refractivity contribution in [2.75, 3.05) is 19.5 Å². The summed E-state index contributed by atoms with van der Waals surface area (Å²) in [4.78, 5) is 28.0. The lowest BCUT2D eigenvalue weighted by Gasteiger charge is -2.27. The van der Waals surface area contributed by atoms with E-state index < -0.39 is 16.9 Å². The number of aromatic nitrogens is 3. The van der Waals surface area contributed by atoms with Crippen molar-refractivity contribution in [3.63, 3.8) is 0 Å². The Morgan fingerprint density at radius 1 is 1.19 bits per heavy atom. The van der Waals surface area contributed by atoms with E-state index in [1.165, 1.54) is 25.0 Å². The number of amides is 1. The molecule has 0 saturated heterocycles. The lowest BCUT2D eigenvalue weighted by atomic mass is 9.94. The van der Waals surface area contributed by atoms with Crippen molar-refractivity contribution < 1.29 is 19.2 Å². The van der Waals surface area contributed by atoms with Crippen LogP contribution in [-0.2, 0) is 4.79 Å². The number of ether oxygens (including phenoxy) is 2. The van der Waals surface area contributed by atoms with Crippen LogP contribution in [0.25, 0.3) is 11.4 Å². The minimum atomic E-state index is -0.924. The number of para-hydroxylation sites is 1. The highest BCUT2D eigenvalue weighted by Gasteiger charge is 2.37. The highest BCUT2D eigenvalue weighted by molar-refractivity contribution is 5.95. The monoisotopic (exact) mass is 436 g/mol. The van der Waals surface area contributed by atoms with Crippen LogP contribution in [0.2, 0.25) is 0 Å². The van der Waals surface area contributed by atoms with E-state index in [-0.39, 0.29) is 16.8 Å². The van der Waals surface area contributed by atoms with Gasteiger partial charge >= 0.3 is 0 Å². The van der Waals surface area contributed by atoms with Crippen LogP contribution in [0, 0.1) is 10.1 Å². The second-order valence-electron chi connectivity index (χ2n) is 7.02. The highest BCUT2D eigenvalue weighted by Crippen LogP contribution is 2.40.